The van der Waals surface area contributed by atoms with Gasteiger partial charge in [0.25, 0.3) is 0 Å². The topological polar surface area (TPSA) is 62.2 Å². The van der Waals surface area contributed by atoms with Gasteiger partial charge in [0, 0.05) is 29.8 Å². The molecule has 0 fully saturated rings. The van der Waals surface area contributed by atoms with E-state index in [1.165, 1.54) is 6.08 Å². The SMILES string of the molecule is CCCC(O)CNC(=O)/C=C/c1cccc2cccnc12. The highest BCUT2D eigenvalue weighted by molar-refractivity contribution is 5.95. The summed E-state index contributed by atoms with van der Waals surface area (Å²) in [6, 6.07) is 9.72. The van der Waals surface area contributed by atoms with Crippen molar-refractivity contribution in [3.63, 3.8) is 0 Å². The molecule has 1 heterocycles. The van der Waals surface area contributed by atoms with Crippen molar-refractivity contribution in [3.8, 4) is 0 Å². The summed E-state index contributed by atoms with van der Waals surface area (Å²) in [5, 5.41) is 13.3. The lowest BCUT2D eigenvalue weighted by Gasteiger charge is -2.08. The number of aliphatic hydroxyl groups is 1. The average molecular weight is 284 g/mol. The highest BCUT2D eigenvalue weighted by atomic mass is 16.3. The predicted molar refractivity (Wildman–Crippen MR) is 84.7 cm³/mol. The molecule has 0 radical (unpaired) electrons. The van der Waals surface area contributed by atoms with E-state index < -0.39 is 6.10 Å². The van der Waals surface area contributed by atoms with Gasteiger partial charge in [0.1, 0.15) is 0 Å². The van der Waals surface area contributed by atoms with Crippen LogP contribution in [0.3, 0.4) is 0 Å². The van der Waals surface area contributed by atoms with Crippen LogP contribution in [-0.4, -0.2) is 28.6 Å². The Hall–Kier alpha value is -2.20. The molecular formula is C17H20N2O2. The number of pyridine rings is 1. The fraction of sp³-hybridized carbons (Fsp3) is 0.294. The van der Waals surface area contributed by atoms with Gasteiger partial charge < -0.3 is 10.4 Å². The standard InChI is InChI=1S/C17H20N2O2/c1-2-5-15(20)12-19-16(21)10-9-14-7-3-6-13-8-4-11-18-17(13)14/h3-4,6-11,15,20H,2,5,12H2,1H3,(H,19,21)/b10-9+. The van der Waals surface area contributed by atoms with Crippen LogP contribution in [0.1, 0.15) is 25.3 Å². The third-order valence-electron chi connectivity index (χ3n) is 3.21. The molecule has 0 aliphatic rings. The fourth-order valence-corrected chi connectivity index (χ4v) is 2.14. The fourth-order valence-electron chi connectivity index (χ4n) is 2.14. The lowest BCUT2D eigenvalue weighted by molar-refractivity contribution is -0.116. The van der Waals surface area contributed by atoms with Crippen LogP contribution in [-0.2, 0) is 4.79 Å². The smallest absolute Gasteiger partial charge is 0.244 e. The molecule has 1 unspecified atom stereocenters. The van der Waals surface area contributed by atoms with Crippen molar-refractivity contribution in [2.24, 2.45) is 0 Å². The quantitative estimate of drug-likeness (QED) is 0.801. The summed E-state index contributed by atoms with van der Waals surface area (Å²) in [4.78, 5) is 16.1. The summed E-state index contributed by atoms with van der Waals surface area (Å²) in [7, 11) is 0. The second-order valence-corrected chi connectivity index (χ2v) is 4.94. The van der Waals surface area contributed by atoms with E-state index in [9.17, 15) is 9.90 Å². The molecular weight excluding hydrogens is 264 g/mol. The number of carbonyl (C=O) groups excluding carboxylic acids is 1. The molecule has 2 aromatic rings. The molecule has 2 rings (SSSR count). The zero-order valence-corrected chi connectivity index (χ0v) is 12.1. The third-order valence-corrected chi connectivity index (χ3v) is 3.21. The van der Waals surface area contributed by atoms with Gasteiger partial charge in [0.15, 0.2) is 0 Å². The number of nitrogens with zero attached hydrogens (tertiary/aromatic N) is 1. The van der Waals surface area contributed by atoms with Crippen LogP contribution in [0.25, 0.3) is 17.0 Å². The number of hydrogen-bond donors (Lipinski definition) is 2. The predicted octanol–water partition coefficient (Wildman–Crippen LogP) is 2.53. The van der Waals surface area contributed by atoms with Gasteiger partial charge in [0.05, 0.1) is 11.6 Å². The summed E-state index contributed by atoms with van der Waals surface area (Å²) in [6.45, 7) is 2.28. The molecule has 0 aliphatic carbocycles. The molecule has 1 aromatic carbocycles. The van der Waals surface area contributed by atoms with Crippen molar-refractivity contribution in [1.29, 1.82) is 0 Å². The minimum atomic E-state index is -0.480. The van der Waals surface area contributed by atoms with Gasteiger partial charge in [-0.05, 0) is 18.6 Å². The highest BCUT2D eigenvalue weighted by Gasteiger charge is 2.04. The number of nitrogens with one attached hydrogen (secondary N) is 1. The van der Waals surface area contributed by atoms with Crippen LogP contribution in [0.2, 0.25) is 0 Å². The van der Waals surface area contributed by atoms with E-state index >= 15 is 0 Å². The van der Waals surface area contributed by atoms with Crippen LogP contribution in [0.5, 0.6) is 0 Å². The largest absolute Gasteiger partial charge is 0.391 e. The molecule has 0 aliphatic heterocycles. The number of amides is 1. The van der Waals surface area contributed by atoms with E-state index in [0.29, 0.717) is 6.42 Å². The van der Waals surface area contributed by atoms with E-state index in [0.717, 1.165) is 22.9 Å². The second-order valence-electron chi connectivity index (χ2n) is 4.94. The van der Waals surface area contributed by atoms with Gasteiger partial charge in [-0.2, -0.15) is 0 Å². The van der Waals surface area contributed by atoms with E-state index in [1.54, 1.807) is 12.3 Å². The minimum absolute atomic E-state index is 0.210. The van der Waals surface area contributed by atoms with Gasteiger partial charge in [-0.25, -0.2) is 0 Å². The van der Waals surface area contributed by atoms with Gasteiger partial charge in [-0.15, -0.1) is 0 Å². The van der Waals surface area contributed by atoms with Crippen molar-refractivity contribution >= 4 is 22.9 Å². The summed E-state index contributed by atoms with van der Waals surface area (Å²) in [6.07, 6.45) is 6.07. The second kappa shape index (κ2) is 7.55. The normalized spacial score (nSPS) is 12.7. The molecule has 2 N–H and O–H groups in total. The van der Waals surface area contributed by atoms with Crippen LogP contribution >= 0.6 is 0 Å². The van der Waals surface area contributed by atoms with Gasteiger partial charge >= 0.3 is 0 Å². The maximum absolute atomic E-state index is 11.7. The van der Waals surface area contributed by atoms with Crippen molar-refractivity contribution in [2.75, 3.05) is 6.54 Å². The summed E-state index contributed by atoms with van der Waals surface area (Å²) in [5.74, 6) is -0.210. The Balaban J connectivity index is 2.01. The number of rotatable bonds is 6. The molecule has 1 aromatic heterocycles. The first-order chi connectivity index (χ1) is 10.2. The van der Waals surface area contributed by atoms with E-state index in [1.807, 2.05) is 37.3 Å². The molecule has 4 nitrogen and oxygen atoms in total. The number of hydrogen-bond acceptors (Lipinski definition) is 3. The lowest BCUT2D eigenvalue weighted by Crippen LogP contribution is -2.30. The molecule has 0 spiro atoms. The number of aliphatic hydroxyl groups excluding tert-OH is 1. The van der Waals surface area contributed by atoms with E-state index in [4.69, 9.17) is 0 Å². The zero-order chi connectivity index (χ0) is 15.1. The van der Waals surface area contributed by atoms with Crippen LogP contribution < -0.4 is 5.32 Å². The Morgan fingerprint density at radius 3 is 3.00 bits per heavy atom. The molecule has 1 atom stereocenters. The van der Waals surface area contributed by atoms with Crippen molar-refractivity contribution in [2.45, 2.75) is 25.9 Å². The zero-order valence-electron chi connectivity index (χ0n) is 12.1. The molecule has 110 valence electrons. The number of fused-ring (bicyclic) bond motifs is 1. The molecule has 4 heteroatoms. The van der Waals surface area contributed by atoms with Crippen LogP contribution in [0.15, 0.2) is 42.6 Å². The molecule has 21 heavy (non-hydrogen) atoms. The first-order valence-corrected chi connectivity index (χ1v) is 7.18. The number of carbonyl (C=O) groups is 1. The van der Waals surface area contributed by atoms with Crippen LogP contribution in [0, 0.1) is 0 Å². The number of para-hydroxylation sites is 1. The number of benzene rings is 1. The third kappa shape index (κ3) is 4.39. The van der Waals surface area contributed by atoms with Crippen molar-refractivity contribution in [3.05, 3.63) is 48.2 Å². The maximum atomic E-state index is 11.7. The van der Waals surface area contributed by atoms with E-state index in [-0.39, 0.29) is 12.5 Å². The summed E-state index contributed by atoms with van der Waals surface area (Å²) < 4.78 is 0. The van der Waals surface area contributed by atoms with Gasteiger partial charge in [0.2, 0.25) is 5.91 Å². The van der Waals surface area contributed by atoms with Crippen LogP contribution in [0.4, 0.5) is 0 Å². The molecule has 0 saturated heterocycles. The highest BCUT2D eigenvalue weighted by Crippen LogP contribution is 2.16. The Morgan fingerprint density at radius 2 is 2.19 bits per heavy atom. The van der Waals surface area contributed by atoms with Crippen molar-refractivity contribution < 1.29 is 9.90 Å². The molecule has 1 amide bonds. The Kier molecular flexibility index (Phi) is 5.46. The Bertz CT molecular complexity index is 632. The summed E-state index contributed by atoms with van der Waals surface area (Å²) >= 11 is 0. The minimum Gasteiger partial charge on any atom is -0.391 e. The molecule has 0 saturated carbocycles. The Morgan fingerprint density at radius 1 is 1.38 bits per heavy atom. The first-order valence-electron chi connectivity index (χ1n) is 7.18. The first kappa shape index (κ1) is 15.2. The van der Waals surface area contributed by atoms with E-state index in [2.05, 4.69) is 10.3 Å². The lowest BCUT2D eigenvalue weighted by atomic mass is 10.1. The molecule has 0 bridgehead atoms. The van der Waals surface area contributed by atoms with Gasteiger partial charge in [-0.3, -0.25) is 9.78 Å². The number of aromatic nitrogens is 1. The monoisotopic (exact) mass is 284 g/mol. The van der Waals surface area contributed by atoms with Crippen molar-refractivity contribution in [1.82, 2.24) is 10.3 Å². The maximum Gasteiger partial charge on any atom is 0.244 e. The summed E-state index contributed by atoms with van der Waals surface area (Å²) in [5.41, 5.74) is 1.77. The average Bonchev–Trinajstić information content (AvgIpc) is 2.51. The Labute approximate surface area is 124 Å². The van der Waals surface area contributed by atoms with Gasteiger partial charge in [-0.1, -0.05) is 37.6 Å².